The Hall–Kier alpha value is -2.89. The van der Waals surface area contributed by atoms with Gasteiger partial charge in [-0.25, -0.2) is 4.39 Å². The van der Waals surface area contributed by atoms with Gasteiger partial charge in [-0.1, -0.05) is 42.0 Å². The van der Waals surface area contributed by atoms with Gasteiger partial charge in [0.05, 0.1) is 0 Å². The fourth-order valence-corrected chi connectivity index (χ4v) is 5.19. The smallest absolute Gasteiger partial charge is 0.189 e. The maximum Gasteiger partial charge on any atom is 0.189 e. The molecule has 3 aromatic carbocycles. The van der Waals surface area contributed by atoms with Crippen molar-refractivity contribution in [3.63, 3.8) is 0 Å². The Morgan fingerprint density at radius 3 is 2.44 bits per heavy atom. The summed E-state index contributed by atoms with van der Waals surface area (Å²) in [6.45, 7) is 4.03. The molecule has 3 nitrogen and oxygen atoms in total. The third-order valence-electron chi connectivity index (χ3n) is 5.79. The van der Waals surface area contributed by atoms with E-state index in [4.69, 9.17) is 9.47 Å². The molecule has 1 aromatic heterocycles. The van der Waals surface area contributed by atoms with Crippen LogP contribution >= 0.6 is 11.3 Å². The standard InChI is InChI=1S/C27H25FNO2S/c28-21-10-8-20(9-11-21)26-24-6-2-3-7-25(24)32-27(26)31-23-14-12-22(13-15-23)30-19-18-29-16-4-1-5-17-29/h2,6-15H,1,4-5,16-19H2. The molecule has 1 fully saturated rings. The molecule has 0 saturated carbocycles. The van der Waals surface area contributed by atoms with E-state index in [0.717, 1.165) is 44.3 Å². The van der Waals surface area contributed by atoms with Crippen LogP contribution in [0, 0.1) is 11.9 Å². The van der Waals surface area contributed by atoms with Crippen LogP contribution in [0.15, 0.2) is 66.7 Å². The van der Waals surface area contributed by atoms with E-state index >= 15 is 0 Å². The topological polar surface area (TPSA) is 21.7 Å². The lowest BCUT2D eigenvalue weighted by atomic mass is 10.0. The number of hydrogen-bond acceptors (Lipinski definition) is 4. The van der Waals surface area contributed by atoms with Crippen LogP contribution in [0.25, 0.3) is 21.2 Å². The van der Waals surface area contributed by atoms with E-state index in [2.05, 4.69) is 11.0 Å². The number of piperidine rings is 1. The van der Waals surface area contributed by atoms with Crippen molar-refractivity contribution in [2.24, 2.45) is 0 Å². The summed E-state index contributed by atoms with van der Waals surface area (Å²) in [6.07, 6.45) is 3.93. The van der Waals surface area contributed by atoms with Crippen LogP contribution in [0.5, 0.6) is 16.6 Å². The number of benzene rings is 3. The third-order valence-corrected chi connectivity index (χ3v) is 6.82. The lowest BCUT2D eigenvalue weighted by Gasteiger charge is -2.26. The van der Waals surface area contributed by atoms with Crippen LogP contribution < -0.4 is 9.47 Å². The molecule has 0 aliphatic carbocycles. The van der Waals surface area contributed by atoms with Gasteiger partial charge in [-0.3, -0.25) is 4.90 Å². The second-order valence-corrected chi connectivity index (χ2v) is 9.03. The monoisotopic (exact) mass is 446 g/mol. The highest BCUT2D eigenvalue weighted by Crippen LogP contribution is 2.46. The molecule has 5 rings (SSSR count). The van der Waals surface area contributed by atoms with E-state index in [1.807, 2.05) is 42.5 Å². The van der Waals surface area contributed by atoms with Gasteiger partial charge in [0.15, 0.2) is 5.06 Å². The van der Waals surface area contributed by atoms with Crippen molar-refractivity contribution in [2.45, 2.75) is 19.3 Å². The van der Waals surface area contributed by atoms with Gasteiger partial charge in [-0.15, -0.1) is 0 Å². The zero-order chi connectivity index (χ0) is 21.8. The number of halogens is 1. The van der Waals surface area contributed by atoms with Crippen molar-refractivity contribution in [3.8, 4) is 27.7 Å². The SMILES string of the molecule is Fc1ccc(-c2c(Oc3ccc(OCCN4CCCCC4)cc3)sc3c[c]ccc23)cc1. The van der Waals surface area contributed by atoms with Gasteiger partial charge in [-0.05, 0) is 80.0 Å². The molecule has 0 N–H and O–H groups in total. The summed E-state index contributed by atoms with van der Waals surface area (Å²) >= 11 is 1.57. The van der Waals surface area contributed by atoms with Crippen LogP contribution in [0.2, 0.25) is 0 Å². The first-order valence-electron chi connectivity index (χ1n) is 11.1. The summed E-state index contributed by atoms with van der Waals surface area (Å²) in [6, 6.07) is 23.3. The van der Waals surface area contributed by atoms with Crippen molar-refractivity contribution in [2.75, 3.05) is 26.2 Å². The van der Waals surface area contributed by atoms with E-state index < -0.39 is 0 Å². The molecule has 0 bridgehead atoms. The zero-order valence-corrected chi connectivity index (χ0v) is 18.7. The fourth-order valence-electron chi connectivity index (χ4n) is 4.12. The van der Waals surface area contributed by atoms with Crippen LogP contribution in [-0.4, -0.2) is 31.1 Å². The molecule has 163 valence electrons. The van der Waals surface area contributed by atoms with E-state index in [-0.39, 0.29) is 5.82 Å². The molecule has 1 saturated heterocycles. The average Bonchev–Trinajstić information content (AvgIpc) is 3.19. The van der Waals surface area contributed by atoms with Gasteiger partial charge < -0.3 is 9.47 Å². The predicted molar refractivity (Wildman–Crippen MR) is 128 cm³/mol. The van der Waals surface area contributed by atoms with E-state index in [9.17, 15) is 4.39 Å². The Balaban J connectivity index is 1.31. The molecular weight excluding hydrogens is 421 g/mol. The molecule has 0 atom stereocenters. The maximum atomic E-state index is 13.5. The van der Waals surface area contributed by atoms with E-state index in [1.165, 1.54) is 44.5 Å². The molecule has 1 aliphatic rings. The number of rotatable bonds is 7. The van der Waals surface area contributed by atoms with Crippen LogP contribution in [0.1, 0.15) is 19.3 Å². The Morgan fingerprint density at radius 1 is 0.906 bits per heavy atom. The zero-order valence-electron chi connectivity index (χ0n) is 17.9. The molecule has 32 heavy (non-hydrogen) atoms. The largest absolute Gasteiger partial charge is 0.492 e. The third kappa shape index (κ3) is 4.79. The maximum absolute atomic E-state index is 13.5. The number of thiophene rings is 1. The molecule has 0 amide bonds. The lowest BCUT2D eigenvalue weighted by Crippen LogP contribution is -2.33. The molecule has 1 aliphatic heterocycles. The normalized spacial score (nSPS) is 14.5. The van der Waals surface area contributed by atoms with Crippen molar-refractivity contribution in [1.82, 2.24) is 4.90 Å². The minimum absolute atomic E-state index is 0.250. The molecule has 2 heterocycles. The highest BCUT2D eigenvalue weighted by Gasteiger charge is 2.16. The van der Waals surface area contributed by atoms with E-state index in [0.29, 0.717) is 6.61 Å². The van der Waals surface area contributed by atoms with Gasteiger partial charge >= 0.3 is 0 Å². The summed E-state index contributed by atoms with van der Waals surface area (Å²) < 4.78 is 26.8. The summed E-state index contributed by atoms with van der Waals surface area (Å²) in [5.41, 5.74) is 1.90. The van der Waals surface area contributed by atoms with Crippen molar-refractivity contribution < 1.29 is 13.9 Å². The number of likely N-dealkylation sites (tertiary alicyclic amines) is 1. The first-order chi connectivity index (χ1) is 15.8. The Labute approximate surface area is 192 Å². The minimum atomic E-state index is -0.250. The summed E-state index contributed by atoms with van der Waals surface area (Å²) in [4.78, 5) is 2.47. The van der Waals surface area contributed by atoms with Gasteiger partial charge in [-0.2, -0.15) is 0 Å². The summed E-state index contributed by atoms with van der Waals surface area (Å²) in [7, 11) is 0. The van der Waals surface area contributed by atoms with Gasteiger partial charge in [0, 0.05) is 22.2 Å². The summed E-state index contributed by atoms with van der Waals surface area (Å²) in [5, 5.41) is 1.86. The van der Waals surface area contributed by atoms with Crippen LogP contribution in [-0.2, 0) is 0 Å². The Morgan fingerprint density at radius 2 is 1.66 bits per heavy atom. The lowest BCUT2D eigenvalue weighted by molar-refractivity contribution is 0.183. The molecular formula is C27H25FNO2S. The quantitative estimate of drug-likeness (QED) is 0.300. The van der Waals surface area contributed by atoms with Crippen LogP contribution in [0.4, 0.5) is 4.39 Å². The highest BCUT2D eigenvalue weighted by molar-refractivity contribution is 7.21. The Kier molecular flexibility index (Phi) is 6.37. The van der Waals surface area contributed by atoms with Crippen molar-refractivity contribution in [1.29, 1.82) is 0 Å². The number of ether oxygens (including phenoxy) is 2. The number of hydrogen-bond donors (Lipinski definition) is 0. The Bertz CT molecular complexity index is 1160. The molecule has 5 heteroatoms. The van der Waals surface area contributed by atoms with Gasteiger partial charge in [0.25, 0.3) is 0 Å². The second-order valence-electron chi connectivity index (χ2n) is 8.02. The highest BCUT2D eigenvalue weighted by atomic mass is 32.1. The summed E-state index contributed by atoms with van der Waals surface area (Å²) in [5.74, 6) is 1.34. The fraction of sp³-hybridized carbons (Fsp3) is 0.259. The first-order valence-corrected chi connectivity index (χ1v) is 11.9. The minimum Gasteiger partial charge on any atom is -0.492 e. The number of nitrogens with zero attached hydrogens (tertiary/aromatic N) is 1. The molecule has 0 unspecified atom stereocenters. The second kappa shape index (κ2) is 9.72. The molecule has 0 spiro atoms. The van der Waals surface area contributed by atoms with Gasteiger partial charge in [0.1, 0.15) is 23.9 Å². The molecule has 4 aromatic rings. The van der Waals surface area contributed by atoms with Crippen molar-refractivity contribution in [3.05, 3.63) is 78.6 Å². The molecule has 1 radical (unpaired) electrons. The van der Waals surface area contributed by atoms with E-state index in [1.54, 1.807) is 23.5 Å². The van der Waals surface area contributed by atoms with Crippen molar-refractivity contribution >= 4 is 21.4 Å². The van der Waals surface area contributed by atoms with Crippen LogP contribution in [0.3, 0.4) is 0 Å². The first kappa shape index (κ1) is 21.0. The predicted octanol–water partition coefficient (Wildman–Crippen LogP) is 7.16. The average molecular weight is 447 g/mol. The number of fused-ring (bicyclic) bond motifs is 1. The van der Waals surface area contributed by atoms with Gasteiger partial charge in [0.2, 0.25) is 0 Å².